The fourth-order valence-corrected chi connectivity index (χ4v) is 2.58. The van der Waals surface area contributed by atoms with Crippen molar-refractivity contribution in [3.05, 3.63) is 35.6 Å². The van der Waals surface area contributed by atoms with Crippen LogP contribution in [-0.4, -0.2) is 71.0 Å². The number of aliphatic imine (C=N–C) groups is 1. The van der Waals surface area contributed by atoms with Crippen LogP contribution in [0, 0.1) is 5.82 Å². The van der Waals surface area contributed by atoms with Crippen molar-refractivity contribution >= 4 is 5.96 Å². The third kappa shape index (κ3) is 10.6. The Bertz CT molecular complexity index is 538. The molecule has 2 N–H and O–H groups in total. The van der Waals surface area contributed by atoms with Gasteiger partial charge in [0.15, 0.2) is 5.96 Å². The second-order valence-electron chi connectivity index (χ2n) is 6.76. The highest BCUT2D eigenvalue weighted by Gasteiger charge is 2.14. The number of nitrogens with zero attached hydrogens (tertiary/aromatic N) is 2. The van der Waals surface area contributed by atoms with Gasteiger partial charge in [0.05, 0.1) is 32.4 Å². The molecule has 1 unspecified atom stereocenters. The third-order valence-electron chi connectivity index (χ3n) is 4.20. The summed E-state index contributed by atoms with van der Waals surface area (Å²) >= 11 is 0. The number of halogens is 1. The van der Waals surface area contributed by atoms with Gasteiger partial charge in [-0.25, -0.2) is 4.39 Å². The van der Waals surface area contributed by atoms with Gasteiger partial charge in [-0.15, -0.1) is 0 Å². The molecule has 0 fully saturated rings. The Morgan fingerprint density at radius 2 is 1.71 bits per heavy atom. The largest absolute Gasteiger partial charge is 0.379 e. The average Bonchev–Trinajstić information content (AvgIpc) is 2.67. The summed E-state index contributed by atoms with van der Waals surface area (Å²) in [7, 11) is 4.00. The summed E-state index contributed by atoms with van der Waals surface area (Å²) in [6, 6.07) is 6.68. The van der Waals surface area contributed by atoms with Crippen molar-refractivity contribution < 1.29 is 13.9 Å². The SMILES string of the molecule is CCCCOCCOCCNC(=NCC(c1ccc(F)cc1)N(C)C)NCC. The highest BCUT2D eigenvalue weighted by molar-refractivity contribution is 5.79. The lowest BCUT2D eigenvalue weighted by molar-refractivity contribution is 0.0487. The van der Waals surface area contributed by atoms with Crippen LogP contribution in [0.4, 0.5) is 4.39 Å². The average molecular weight is 397 g/mol. The Hall–Kier alpha value is -1.70. The summed E-state index contributed by atoms with van der Waals surface area (Å²) < 4.78 is 24.2. The molecule has 0 bridgehead atoms. The van der Waals surface area contributed by atoms with Crippen LogP contribution < -0.4 is 10.6 Å². The predicted molar refractivity (Wildman–Crippen MR) is 113 cm³/mol. The van der Waals surface area contributed by atoms with Crippen LogP contribution in [0.1, 0.15) is 38.3 Å². The van der Waals surface area contributed by atoms with Gasteiger partial charge in [0.1, 0.15) is 5.82 Å². The Kier molecular flexibility index (Phi) is 13.3. The van der Waals surface area contributed by atoms with Gasteiger partial charge in [0.2, 0.25) is 0 Å². The molecule has 7 heteroatoms. The van der Waals surface area contributed by atoms with E-state index in [0.29, 0.717) is 32.9 Å². The first-order valence-electron chi connectivity index (χ1n) is 10.2. The molecule has 6 nitrogen and oxygen atoms in total. The molecule has 28 heavy (non-hydrogen) atoms. The van der Waals surface area contributed by atoms with Crippen molar-refractivity contribution in [3.63, 3.8) is 0 Å². The summed E-state index contributed by atoms with van der Waals surface area (Å²) in [5.74, 6) is 0.523. The third-order valence-corrected chi connectivity index (χ3v) is 4.20. The number of ether oxygens (including phenoxy) is 2. The molecule has 0 aliphatic heterocycles. The van der Waals surface area contributed by atoms with E-state index in [1.54, 1.807) is 0 Å². The predicted octanol–water partition coefficient (Wildman–Crippen LogP) is 2.82. The first-order valence-corrected chi connectivity index (χ1v) is 10.2. The number of likely N-dealkylation sites (N-methyl/N-ethyl adjacent to an activating group) is 1. The van der Waals surface area contributed by atoms with Crippen LogP contribution >= 0.6 is 0 Å². The second-order valence-corrected chi connectivity index (χ2v) is 6.76. The smallest absolute Gasteiger partial charge is 0.191 e. The van der Waals surface area contributed by atoms with Crippen LogP contribution in [0.3, 0.4) is 0 Å². The van der Waals surface area contributed by atoms with Crippen LogP contribution in [0.25, 0.3) is 0 Å². The van der Waals surface area contributed by atoms with Crippen LogP contribution in [-0.2, 0) is 9.47 Å². The molecule has 0 aliphatic carbocycles. The maximum atomic E-state index is 13.2. The van der Waals surface area contributed by atoms with Gasteiger partial charge in [-0.1, -0.05) is 25.5 Å². The molecule has 0 heterocycles. The van der Waals surface area contributed by atoms with E-state index in [9.17, 15) is 4.39 Å². The second kappa shape index (κ2) is 15.2. The first-order chi connectivity index (χ1) is 13.6. The lowest BCUT2D eigenvalue weighted by Crippen LogP contribution is -2.39. The number of guanidine groups is 1. The van der Waals surface area contributed by atoms with Crippen molar-refractivity contribution in [1.29, 1.82) is 0 Å². The van der Waals surface area contributed by atoms with E-state index in [2.05, 4.69) is 27.4 Å². The molecule has 1 atom stereocenters. The Morgan fingerprint density at radius 1 is 1.04 bits per heavy atom. The number of rotatable bonds is 14. The van der Waals surface area contributed by atoms with Gasteiger partial charge >= 0.3 is 0 Å². The maximum Gasteiger partial charge on any atom is 0.191 e. The molecule has 0 saturated heterocycles. The van der Waals surface area contributed by atoms with Crippen LogP contribution in [0.15, 0.2) is 29.3 Å². The van der Waals surface area contributed by atoms with Crippen molar-refractivity contribution in [2.75, 3.05) is 60.2 Å². The van der Waals surface area contributed by atoms with E-state index in [0.717, 1.165) is 37.5 Å². The molecule has 1 aromatic carbocycles. The van der Waals surface area contributed by atoms with E-state index in [4.69, 9.17) is 9.47 Å². The first kappa shape index (κ1) is 24.3. The summed E-state index contributed by atoms with van der Waals surface area (Å²) in [4.78, 5) is 6.77. The molecule has 1 rings (SSSR count). The van der Waals surface area contributed by atoms with E-state index in [-0.39, 0.29) is 11.9 Å². The summed E-state index contributed by atoms with van der Waals surface area (Å²) in [5.41, 5.74) is 1.04. The molecule has 0 aromatic heterocycles. The van der Waals surface area contributed by atoms with Crippen molar-refractivity contribution in [1.82, 2.24) is 15.5 Å². The number of nitrogens with one attached hydrogen (secondary N) is 2. The van der Waals surface area contributed by atoms with Gasteiger partial charge in [0, 0.05) is 19.7 Å². The zero-order valence-electron chi connectivity index (χ0n) is 17.8. The van der Waals surface area contributed by atoms with Crippen molar-refractivity contribution in [3.8, 4) is 0 Å². The Balaban J connectivity index is 2.41. The number of hydrogen-bond donors (Lipinski definition) is 2. The zero-order valence-corrected chi connectivity index (χ0v) is 17.8. The molecule has 0 spiro atoms. The Morgan fingerprint density at radius 3 is 2.32 bits per heavy atom. The summed E-state index contributed by atoms with van der Waals surface area (Å²) in [6.45, 7) is 8.83. The van der Waals surface area contributed by atoms with E-state index < -0.39 is 0 Å². The zero-order chi connectivity index (χ0) is 20.6. The monoisotopic (exact) mass is 396 g/mol. The van der Waals surface area contributed by atoms with Crippen molar-refractivity contribution in [2.45, 2.75) is 32.7 Å². The molecule has 0 amide bonds. The lowest BCUT2D eigenvalue weighted by atomic mass is 10.1. The lowest BCUT2D eigenvalue weighted by Gasteiger charge is -2.23. The summed E-state index contributed by atoms with van der Waals surface area (Å²) in [5, 5.41) is 6.52. The van der Waals surface area contributed by atoms with E-state index >= 15 is 0 Å². The number of hydrogen-bond acceptors (Lipinski definition) is 4. The minimum atomic E-state index is -0.226. The van der Waals surface area contributed by atoms with Gasteiger partial charge in [0.25, 0.3) is 0 Å². The quantitative estimate of drug-likeness (QED) is 0.288. The van der Waals surface area contributed by atoms with Crippen LogP contribution in [0.5, 0.6) is 0 Å². The number of unbranched alkanes of at least 4 members (excludes halogenated alkanes) is 1. The molecule has 0 aliphatic rings. The normalized spacial score (nSPS) is 13.0. The van der Waals surface area contributed by atoms with E-state index in [1.165, 1.54) is 12.1 Å². The minimum Gasteiger partial charge on any atom is -0.379 e. The standard InChI is InChI=1S/C21H37FN4O2/c1-5-7-13-27-15-16-28-14-12-24-21(23-6-2)25-17-20(26(3)4)18-8-10-19(22)11-9-18/h8-11,20H,5-7,12-17H2,1-4H3,(H2,23,24,25). The van der Waals surface area contributed by atoms with Gasteiger partial charge in [-0.2, -0.15) is 0 Å². The molecule has 0 saturated carbocycles. The maximum absolute atomic E-state index is 13.2. The van der Waals surface area contributed by atoms with Gasteiger partial charge in [-0.05, 0) is 45.1 Å². The molecular formula is C21H37FN4O2. The van der Waals surface area contributed by atoms with E-state index in [1.807, 2.05) is 33.2 Å². The van der Waals surface area contributed by atoms with Crippen LogP contribution in [0.2, 0.25) is 0 Å². The fourth-order valence-electron chi connectivity index (χ4n) is 2.58. The Labute approximate surface area is 169 Å². The molecular weight excluding hydrogens is 359 g/mol. The van der Waals surface area contributed by atoms with Gasteiger partial charge < -0.3 is 25.0 Å². The minimum absolute atomic E-state index is 0.0765. The van der Waals surface area contributed by atoms with Crippen molar-refractivity contribution in [2.24, 2.45) is 4.99 Å². The topological polar surface area (TPSA) is 58.1 Å². The number of benzene rings is 1. The fraction of sp³-hybridized carbons (Fsp3) is 0.667. The molecule has 160 valence electrons. The van der Waals surface area contributed by atoms with Gasteiger partial charge in [-0.3, -0.25) is 4.99 Å². The molecule has 1 aromatic rings. The highest BCUT2D eigenvalue weighted by Crippen LogP contribution is 2.18. The highest BCUT2D eigenvalue weighted by atomic mass is 19.1. The molecule has 0 radical (unpaired) electrons. The summed E-state index contributed by atoms with van der Waals surface area (Å²) in [6.07, 6.45) is 2.24.